The van der Waals surface area contributed by atoms with Crippen LogP contribution in [-0.4, -0.2) is 19.5 Å². The van der Waals surface area contributed by atoms with Crippen LogP contribution >= 0.6 is 0 Å². The Labute approximate surface area is 336 Å². The van der Waals surface area contributed by atoms with Crippen molar-refractivity contribution in [3.05, 3.63) is 222 Å². The highest BCUT2D eigenvalue weighted by molar-refractivity contribution is 6.21. The van der Waals surface area contributed by atoms with Gasteiger partial charge in [-0.2, -0.15) is 0 Å². The summed E-state index contributed by atoms with van der Waals surface area (Å²) in [7, 11) is 0. The van der Waals surface area contributed by atoms with E-state index < -0.39 is 0 Å². The average molecular weight is 741 g/mol. The molecule has 1 aliphatic rings. The molecule has 4 nitrogen and oxygen atoms in total. The third-order valence-corrected chi connectivity index (χ3v) is 11.6. The third kappa shape index (κ3) is 5.34. The van der Waals surface area contributed by atoms with Gasteiger partial charge in [0.2, 0.25) is 0 Å². The van der Waals surface area contributed by atoms with Crippen LogP contribution in [0.15, 0.2) is 189 Å². The zero-order valence-corrected chi connectivity index (χ0v) is 31.9. The van der Waals surface area contributed by atoms with Crippen molar-refractivity contribution in [2.75, 3.05) is 0 Å². The van der Waals surface area contributed by atoms with E-state index in [1.807, 2.05) is 42.5 Å². The molecule has 8 aromatic carbocycles. The normalized spacial score (nSPS) is 12.1. The van der Waals surface area contributed by atoms with Crippen molar-refractivity contribution in [3.63, 3.8) is 0 Å². The molecule has 0 saturated carbocycles. The van der Waals surface area contributed by atoms with Gasteiger partial charge in [0.15, 0.2) is 17.5 Å². The minimum atomic E-state index is 0.627. The summed E-state index contributed by atoms with van der Waals surface area (Å²) in [5.41, 5.74) is 15.2. The Morgan fingerprint density at radius 1 is 0.483 bits per heavy atom. The van der Waals surface area contributed by atoms with Gasteiger partial charge in [0, 0.05) is 38.6 Å². The Morgan fingerprint density at radius 2 is 1.07 bits per heavy atom. The molecule has 10 aromatic rings. The van der Waals surface area contributed by atoms with Crippen molar-refractivity contribution in [2.24, 2.45) is 0 Å². The van der Waals surface area contributed by atoms with Crippen LogP contribution in [0.4, 0.5) is 0 Å². The fourth-order valence-electron chi connectivity index (χ4n) is 8.79. The summed E-state index contributed by atoms with van der Waals surface area (Å²) in [6, 6.07) is 63.9. The molecule has 58 heavy (non-hydrogen) atoms. The van der Waals surface area contributed by atoms with Crippen molar-refractivity contribution in [2.45, 2.75) is 6.92 Å². The van der Waals surface area contributed by atoms with Gasteiger partial charge in [-0.25, -0.2) is 15.0 Å². The van der Waals surface area contributed by atoms with Gasteiger partial charge in [0.1, 0.15) is 0 Å². The van der Waals surface area contributed by atoms with E-state index >= 15 is 0 Å². The summed E-state index contributed by atoms with van der Waals surface area (Å²) in [6.07, 6.45) is 2.33. The van der Waals surface area contributed by atoms with E-state index in [1.165, 1.54) is 43.8 Å². The molecular weight excluding hydrogens is 705 g/mol. The minimum Gasteiger partial charge on any atom is -0.308 e. The lowest BCUT2D eigenvalue weighted by atomic mass is 9.86. The van der Waals surface area contributed by atoms with Crippen LogP contribution in [0.25, 0.3) is 89.4 Å². The second-order valence-corrected chi connectivity index (χ2v) is 14.9. The van der Waals surface area contributed by atoms with E-state index in [4.69, 9.17) is 15.0 Å². The molecule has 0 aliphatic carbocycles. The lowest BCUT2D eigenvalue weighted by molar-refractivity contribution is 1.03. The SMILES string of the molecule is C=C(c1ccccc1)c1ccccc1-c1ccc2c3c4c(cc2c1C)c1ccccc1n4-c1ccccc1C(c1nc(-c2ccccc2)nc(-c2ccccc2)n1)=C3. The molecule has 272 valence electrons. The molecule has 11 rings (SSSR count). The zero-order valence-electron chi connectivity index (χ0n) is 31.9. The number of rotatable bonds is 6. The summed E-state index contributed by atoms with van der Waals surface area (Å²) < 4.78 is 2.44. The van der Waals surface area contributed by atoms with Crippen LogP contribution in [0, 0.1) is 6.92 Å². The molecule has 0 fully saturated rings. The molecule has 2 aromatic heterocycles. The fourth-order valence-corrected chi connectivity index (χ4v) is 8.79. The minimum absolute atomic E-state index is 0.627. The van der Waals surface area contributed by atoms with Gasteiger partial charge in [-0.1, -0.05) is 170 Å². The smallest absolute Gasteiger partial charge is 0.164 e. The molecule has 4 heteroatoms. The highest BCUT2D eigenvalue weighted by Crippen LogP contribution is 2.46. The van der Waals surface area contributed by atoms with E-state index in [-0.39, 0.29) is 0 Å². The van der Waals surface area contributed by atoms with E-state index in [2.05, 4.69) is 164 Å². The molecular formula is C54H36N4. The summed E-state index contributed by atoms with van der Waals surface area (Å²) in [6.45, 7) is 6.84. The number of aromatic nitrogens is 4. The van der Waals surface area contributed by atoms with Crippen molar-refractivity contribution >= 4 is 49.8 Å². The van der Waals surface area contributed by atoms with Crippen LogP contribution < -0.4 is 0 Å². The molecule has 0 radical (unpaired) electrons. The molecule has 0 saturated heterocycles. The highest BCUT2D eigenvalue weighted by atomic mass is 15.0. The Bertz CT molecular complexity index is 3230. The van der Waals surface area contributed by atoms with E-state index in [0.717, 1.165) is 55.7 Å². The number of fused-ring (bicyclic) bond motifs is 7. The molecule has 3 heterocycles. The standard InChI is InChI=1S/C54H36N4/c1-34(36-18-6-3-7-19-36)39-24-12-13-25-41(39)40-30-31-42-45(35(40)2)32-47-43-26-14-16-28-49(43)58-50-29-17-15-27-44(50)48(33-46(42)51(47)58)54-56-52(37-20-8-4-9-21-37)55-53(57-54)38-22-10-5-11-23-38/h3-33H,1H2,2H3. The maximum Gasteiger partial charge on any atom is 0.164 e. The average Bonchev–Trinajstić information content (AvgIpc) is 3.53. The molecule has 1 aliphatic heterocycles. The largest absolute Gasteiger partial charge is 0.308 e. The number of para-hydroxylation sites is 2. The van der Waals surface area contributed by atoms with Crippen LogP contribution in [-0.2, 0) is 0 Å². The number of hydrogen-bond donors (Lipinski definition) is 0. The number of hydrogen-bond acceptors (Lipinski definition) is 3. The molecule has 0 N–H and O–H groups in total. The first-order chi connectivity index (χ1) is 28.6. The molecule has 0 bridgehead atoms. The van der Waals surface area contributed by atoms with Gasteiger partial charge in [-0.15, -0.1) is 0 Å². The predicted molar refractivity (Wildman–Crippen MR) is 241 cm³/mol. The maximum atomic E-state index is 5.26. The number of benzene rings is 8. The van der Waals surface area contributed by atoms with Crippen molar-refractivity contribution in [1.82, 2.24) is 19.5 Å². The number of nitrogens with zero attached hydrogens (tertiary/aromatic N) is 4. The van der Waals surface area contributed by atoms with E-state index in [1.54, 1.807) is 0 Å². The molecule has 0 unspecified atom stereocenters. The highest BCUT2D eigenvalue weighted by Gasteiger charge is 2.27. The van der Waals surface area contributed by atoms with Crippen LogP contribution in [0.1, 0.15) is 33.6 Å². The number of aryl methyl sites for hydroxylation is 1. The first kappa shape index (κ1) is 33.6. The second-order valence-electron chi connectivity index (χ2n) is 14.9. The zero-order chi connectivity index (χ0) is 38.7. The molecule has 0 spiro atoms. The predicted octanol–water partition coefficient (Wildman–Crippen LogP) is 13.4. The van der Waals surface area contributed by atoms with Gasteiger partial charge in [-0.3, -0.25) is 0 Å². The third-order valence-electron chi connectivity index (χ3n) is 11.6. The Kier molecular flexibility index (Phi) is 7.83. The summed E-state index contributed by atoms with van der Waals surface area (Å²) in [5, 5.41) is 4.80. The summed E-state index contributed by atoms with van der Waals surface area (Å²) >= 11 is 0. The van der Waals surface area contributed by atoms with Crippen molar-refractivity contribution in [3.8, 4) is 39.6 Å². The van der Waals surface area contributed by atoms with E-state index in [9.17, 15) is 0 Å². The van der Waals surface area contributed by atoms with Crippen molar-refractivity contribution in [1.29, 1.82) is 0 Å². The van der Waals surface area contributed by atoms with Crippen LogP contribution in [0.3, 0.4) is 0 Å². The quantitative estimate of drug-likeness (QED) is 0.170. The second kappa shape index (κ2) is 13.5. The van der Waals surface area contributed by atoms with E-state index in [0.29, 0.717) is 17.5 Å². The molecule has 0 amide bonds. The first-order valence-corrected chi connectivity index (χ1v) is 19.6. The molecule has 0 atom stereocenters. The Morgan fingerprint density at radius 3 is 1.79 bits per heavy atom. The fraction of sp³-hybridized carbons (Fsp3) is 0.0185. The first-order valence-electron chi connectivity index (χ1n) is 19.6. The van der Waals surface area contributed by atoms with Gasteiger partial charge < -0.3 is 4.57 Å². The Balaban J connectivity index is 1.21. The van der Waals surface area contributed by atoms with Gasteiger partial charge in [0.25, 0.3) is 0 Å². The maximum absolute atomic E-state index is 5.26. The summed E-state index contributed by atoms with van der Waals surface area (Å²) in [5.74, 6) is 1.90. The summed E-state index contributed by atoms with van der Waals surface area (Å²) in [4.78, 5) is 15.6. The van der Waals surface area contributed by atoms with Gasteiger partial charge in [-0.05, 0) is 75.4 Å². The van der Waals surface area contributed by atoms with Crippen molar-refractivity contribution < 1.29 is 0 Å². The topological polar surface area (TPSA) is 43.6 Å². The monoisotopic (exact) mass is 740 g/mol. The lowest BCUT2D eigenvalue weighted by Crippen LogP contribution is -2.05. The van der Waals surface area contributed by atoms with Gasteiger partial charge >= 0.3 is 0 Å². The lowest BCUT2D eigenvalue weighted by Gasteiger charge is -2.17. The van der Waals surface area contributed by atoms with Crippen LogP contribution in [0.5, 0.6) is 0 Å². The van der Waals surface area contributed by atoms with Crippen LogP contribution in [0.2, 0.25) is 0 Å². The Hall–Kier alpha value is -7.69. The van der Waals surface area contributed by atoms with Gasteiger partial charge in [0.05, 0.1) is 16.7 Å².